The topological polar surface area (TPSA) is 66.4 Å². The predicted molar refractivity (Wildman–Crippen MR) is 85.7 cm³/mol. The van der Waals surface area contributed by atoms with Crippen molar-refractivity contribution in [2.75, 3.05) is 0 Å². The second-order valence-corrected chi connectivity index (χ2v) is 6.26. The number of carbonyl (C=O) groups excluding carboxylic acids is 1. The van der Waals surface area contributed by atoms with E-state index < -0.39 is 12.0 Å². The van der Waals surface area contributed by atoms with E-state index in [2.05, 4.69) is 21.2 Å². The molecule has 0 spiro atoms. The van der Waals surface area contributed by atoms with Crippen LogP contribution in [0.3, 0.4) is 0 Å². The van der Waals surface area contributed by atoms with E-state index in [-0.39, 0.29) is 5.91 Å². The van der Waals surface area contributed by atoms with Crippen LogP contribution < -0.4 is 5.32 Å². The van der Waals surface area contributed by atoms with Crippen molar-refractivity contribution in [1.29, 1.82) is 0 Å². The van der Waals surface area contributed by atoms with E-state index in [9.17, 15) is 14.7 Å². The number of aryl methyl sites for hydroxylation is 1. The average Bonchev–Trinajstić information content (AvgIpc) is 2.90. The van der Waals surface area contributed by atoms with Gasteiger partial charge in [0.05, 0.1) is 0 Å². The Morgan fingerprint density at radius 1 is 1.24 bits per heavy atom. The van der Waals surface area contributed by atoms with Crippen LogP contribution >= 0.6 is 27.3 Å². The lowest BCUT2D eigenvalue weighted by Gasteiger charge is -2.14. The Hall–Kier alpha value is -1.66. The number of hydrogen-bond donors (Lipinski definition) is 2. The highest BCUT2D eigenvalue weighted by Gasteiger charge is 2.22. The highest BCUT2D eigenvalue weighted by Crippen LogP contribution is 2.22. The van der Waals surface area contributed by atoms with Gasteiger partial charge in [0.15, 0.2) is 0 Å². The van der Waals surface area contributed by atoms with Gasteiger partial charge in [-0.25, -0.2) is 4.79 Å². The van der Waals surface area contributed by atoms with Crippen molar-refractivity contribution in [2.24, 2.45) is 0 Å². The quantitative estimate of drug-likeness (QED) is 0.822. The molecule has 2 N–H and O–H groups in total. The molecule has 1 atom stereocenters. The second kappa shape index (κ2) is 7.38. The van der Waals surface area contributed by atoms with Gasteiger partial charge < -0.3 is 10.4 Å². The summed E-state index contributed by atoms with van der Waals surface area (Å²) in [5.41, 5.74) is 1.05. The van der Waals surface area contributed by atoms with Crippen molar-refractivity contribution in [3.63, 3.8) is 0 Å². The molecular weight excluding hydrogens is 354 g/mol. The fourth-order valence-corrected chi connectivity index (χ4v) is 3.35. The van der Waals surface area contributed by atoms with Gasteiger partial charge in [0, 0.05) is 4.47 Å². The Labute approximate surface area is 134 Å². The van der Waals surface area contributed by atoms with Gasteiger partial charge >= 0.3 is 5.97 Å². The minimum Gasteiger partial charge on any atom is -0.480 e. The van der Waals surface area contributed by atoms with Crippen molar-refractivity contribution in [1.82, 2.24) is 5.32 Å². The van der Waals surface area contributed by atoms with Gasteiger partial charge in [0.1, 0.15) is 10.9 Å². The zero-order chi connectivity index (χ0) is 15.2. The lowest BCUT2D eigenvalue weighted by Crippen LogP contribution is -2.40. The Bertz CT molecular complexity index is 627. The number of hydrogen-bond acceptors (Lipinski definition) is 3. The standard InChI is InChI=1S/C15H14BrNO3S/c16-11-8-9-21-13(11)14(18)17-12(15(19)20)7-6-10-4-2-1-3-5-10/h1-5,8-9,12H,6-7H2,(H,17,18)(H,19,20)/t12-/m0/s1. The number of carboxylic acids is 1. The van der Waals surface area contributed by atoms with Crippen LogP contribution in [-0.2, 0) is 11.2 Å². The van der Waals surface area contributed by atoms with Crippen molar-refractivity contribution >= 4 is 39.1 Å². The maximum Gasteiger partial charge on any atom is 0.326 e. The van der Waals surface area contributed by atoms with E-state index in [4.69, 9.17) is 0 Å². The molecule has 0 radical (unpaired) electrons. The number of amides is 1. The molecule has 0 bridgehead atoms. The summed E-state index contributed by atoms with van der Waals surface area (Å²) in [5, 5.41) is 13.6. The molecule has 2 aromatic rings. The summed E-state index contributed by atoms with van der Waals surface area (Å²) in [6.07, 6.45) is 0.956. The molecular formula is C15H14BrNO3S. The third-order valence-electron chi connectivity index (χ3n) is 2.99. The van der Waals surface area contributed by atoms with Gasteiger partial charge in [-0.2, -0.15) is 0 Å². The summed E-state index contributed by atoms with van der Waals surface area (Å²) in [4.78, 5) is 23.8. The third-order valence-corrected chi connectivity index (χ3v) is 4.83. The monoisotopic (exact) mass is 367 g/mol. The van der Waals surface area contributed by atoms with E-state index in [1.54, 1.807) is 11.4 Å². The minimum atomic E-state index is -1.02. The number of nitrogens with one attached hydrogen (secondary N) is 1. The number of benzene rings is 1. The van der Waals surface area contributed by atoms with Crippen LogP contribution in [0.2, 0.25) is 0 Å². The first-order valence-electron chi connectivity index (χ1n) is 6.38. The second-order valence-electron chi connectivity index (χ2n) is 4.49. The molecule has 1 amide bonds. The first-order chi connectivity index (χ1) is 10.1. The van der Waals surface area contributed by atoms with E-state index in [0.717, 1.165) is 5.56 Å². The van der Waals surface area contributed by atoms with Crippen molar-refractivity contribution in [3.8, 4) is 0 Å². The number of halogens is 1. The van der Waals surface area contributed by atoms with E-state index in [1.807, 2.05) is 30.3 Å². The summed E-state index contributed by atoms with van der Waals surface area (Å²) in [7, 11) is 0. The number of aliphatic carboxylic acids is 1. The molecule has 6 heteroatoms. The van der Waals surface area contributed by atoms with Crippen LogP contribution in [0.4, 0.5) is 0 Å². The molecule has 0 fully saturated rings. The normalized spacial score (nSPS) is 11.9. The molecule has 2 rings (SSSR count). The Morgan fingerprint density at radius 2 is 1.95 bits per heavy atom. The van der Waals surface area contributed by atoms with Crippen molar-refractivity contribution in [3.05, 3.63) is 56.7 Å². The van der Waals surface area contributed by atoms with E-state index >= 15 is 0 Å². The summed E-state index contributed by atoms with van der Waals surface area (Å²) in [5.74, 6) is -1.38. The number of carbonyl (C=O) groups is 2. The summed E-state index contributed by atoms with van der Waals surface area (Å²) < 4.78 is 0.678. The van der Waals surface area contributed by atoms with E-state index in [1.165, 1.54) is 11.3 Å². The third kappa shape index (κ3) is 4.41. The minimum absolute atomic E-state index is 0.355. The predicted octanol–water partition coefficient (Wildman–Crippen LogP) is 3.33. The number of thiophene rings is 1. The lowest BCUT2D eigenvalue weighted by molar-refractivity contribution is -0.139. The Morgan fingerprint density at radius 3 is 2.52 bits per heavy atom. The molecule has 21 heavy (non-hydrogen) atoms. The number of carboxylic acid groups (broad SMARTS) is 1. The number of rotatable bonds is 6. The van der Waals surface area contributed by atoms with Gasteiger partial charge in [0.2, 0.25) is 0 Å². The fourth-order valence-electron chi connectivity index (χ4n) is 1.89. The summed E-state index contributed by atoms with van der Waals surface area (Å²) in [6, 6.07) is 10.5. The first-order valence-corrected chi connectivity index (χ1v) is 8.06. The van der Waals surface area contributed by atoms with E-state index in [0.29, 0.717) is 22.2 Å². The summed E-state index contributed by atoms with van der Waals surface area (Å²) in [6.45, 7) is 0. The fraction of sp³-hybridized carbons (Fsp3) is 0.200. The first kappa shape index (κ1) is 15.7. The molecule has 110 valence electrons. The van der Waals surface area contributed by atoms with Crippen LogP contribution in [0.1, 0.15) is 21.7 Å². The molecule has 0 saturated carbocycles. The highest BCUT2D eigenvalue weighted by molar-refractivity contribution is 9.10. The SMILES string of the molecule is O=C(N[C@@H](CCc1ccccc1)C(=O)O)c1sccc1Br. The van der Waals surface area contributed by atoms with Crippen molar-refractivity contribution < 1.29 is 14.7 Å². The van der Waals surface area contributed by atoms with Crippen LogP contribution in [0.15, 0.2) is 46.3 Å². The Balaban J connectivity index is 1.98. The molecule has 0 aliphatic rings. The smallest absolute Gasteiger partial charge is 0.326 e. The van der Waals surface area contributed by atoms with Gasteiger partial charge in [-0.1, -0.05) is 30.3 Å². The zero-order valence-corrected chi connectivity index (χ0v) is 13.5. The van der Waals surface area contributed by atoms with Gasteiger partial charge in [-0.3, -0.25) is 4.79 Å². The molecule has 0 saturated heterocycles. The zero-order valence-electron chi connectivity index (χ0n) is 11.1. The highest BCUT2D eigenvalue weighted by atomic mass is 79.9. The van der Waals surface area contributed by atoms with Crippen LogP contribution in [0, 0.1) is 0 Å². The molecule has 1 aromatic carbocycles. The summed E-state index contributed by atoms with van der Waals surface area (Å²) >= 11 is 4.55. The van der Waals surface area contributed by atoms with Gasteiger partial charge in [-0.05, 0) is 45.8 Å². The lowest BCUT2D eigenvalue weighted by atomic mass is 10.1. The maximum absolute atomic E-state index is 12.1. The average molecular weight is 368 g/mol. The largest absolute Gasteiger partial charge is 0.480 e. The molecule has 1 heterocycles. The van der Waals surface area contributed by atoms with Gasteiger partial charge in [0.25, 0.3) is 5.91 Å². The maximum atomic E-state index is 12.1. The Kier molecular flexibility index (Phi) is 5.52. The molecule has 1 aromatic heterocycles. The molecule has 0 aliphatic heterocycles. The molecule has 4 nitrogen and oxygen atoms in total. The molecule has 0 aliphatic carbocycles. The van der Waals surface area contributed by atoms with Crippen molar-refractivity contribution in [2.45, 2.75) is 18.9 Å². The van der Waals surface area contributed by atoms with Crippen LogP contribution in [0.5, 0.6) is 0 Å². The van der Waals surface area contributed by atoms with Gasteiger partial charge in [-0.15, -0.1) is 11.3 Å². The van der Waals surface area contributed by atoms with Crippen LogP contribution in [-0.4, -0.2) is 23.0 Å². The van der Waals surface area contributed by atoms with Crippen LogP contribution in [0.25, 0.3) is 0 Å². The molecule has 0 unspecified atom stereocenters.